The van der Waals surface area contributed by atoms with Gasteiger partial charge < -0.3 is 4.90 Å². The van der Waals surface area contributed by atoms with Gasteiger partial charge in [0.2, 0.25) is 0 Å². The molecule has 1 aromatic carbocycles. The van der Waals surface area contributed by atoms with E-state index >= 15 is 0 Å². The van der Waals surface area contributed by atoms with Gasteiger partial charge in [0, 0.05) is 25.0 Å². The highest BCUT2D eigenvalue weighted by molar-refractivity contribution is 5.93. The van der Waals surface area contributed by atoms with Crippen LogP contribution in [-0.4, -0.2) is 33.0 Å². The van der Waals surface area contributed by atoms with E-state index in [0.717, 1.165) is 16.8 Å². The number of carbonyl (C=O) groups is 1. The summed E-state index contributed by atoms with van der Waals surface area (Å²) in [5.74, 6) is 0.173. The molecule has 0 radical (unpaired) electrons. The van der Waals surface area contributed by atoms with Gasteiger partial charge in [0.25, 0.3) is 5.91 Å². The first-order valence-electron chi connectivity index (χ1n) is 8.36. The Hall–Kier alpha value is -2.95. The van der Waals surface area contributed by atoms with Gasteiger partial charge in [-0.05, 0) is 23.6 Å². The van der Waals surface area contributed by atoms with Crippen LogP contribution in [0, 0.1) is 5.92 Å². The van der Waals surface area contributed by atoms with Gasteiger partial charge in [-0.3, -0.25) is 14.9 Å². The number of amides is 1. The maximum Gasteiger partial charge on any atom is 0.272 e. The van der Waals surface area contributed by atoms with Crippen LogP contribution < -0.4 is 0 Å². The van der Waals surface area contributed by atoms with Gasteiger partial charge in [0.05, 0.1) is 11.7 Å². The molecule has 0 saturated heterocycles. The third-order valence-electron chi connectivity index (χ3n) is 4.27. The molecule has 1 amide bonds. The Bertz CT molecular complexity index is 827. The number of nitrogens with zero attached hydrogens (tertiary/aromatic N) is 3. The highest BCUT2D eigenvalue weighted by atomic mass is 16.2. The zero-order chi connectivity index (χ0) is 17.8. The Kier molecular flexibility index (Phi) is 4.93. The predicted octanol–water partition coefficient (Wildman–Crippen LogP) is 3.94. The molecule has 0 aliphatic rings. The van der Waals surface area contributed by atoms with E-state index in [1.165, 1.54) is 0 Å². The van der Waals surface area contributed by atoms with E-state index in [2.05, 4.69) is 29.0 Å². The summed E-state index contributed by atoms with van der Waals surface area (Å²) < 4.78 is 0. The van der Waals surface area contributed by atoms with E-state index in [1.54, 1.807) is 17.2 Å². The lowest BCUT2D eigenvalue weighted by molar-refractivity contribution is 0.0681. The molecule has 0 saturated carbocycles. The minimum atomic E-state index is -0.0859. The summed E-state index contributed by atoms with van der Waals surface area (Å²) in [6.07, 6.45) is 3.56. The number of benzene rings is 1. The fourth-order valence-electron chi connectivity index (χ4n) is 3.11. The quantitative estimate of drug-likeness (QED) is 0.769. The van der Waals surface area contributed by atoms with Crippen LogP contribution in [0.3, 0.4) is 0 Å². The Morgan fingerprint density at radius 2 is 1.88 bits per heavy atom. The number of nitrogens with one attached hydrogen (secondary N) is 1. The summed E-state index contributed by atoms with van der Waals surface area (Å²) in [4.78, 5) is 18.9. The number of aromatic nitrogens is 3. The second-order valence-corrected chi connectivity index (χ2v) is 6.42. The fraction of sp³-hybridized carbons (Fsp3) is 0.250. The maximum atomic E-state index is 12.9. The minimum absolute atomic E-state index is 0.0512. The van der Waals surface area contributed by atoms with Crippen LogP contribution in [0.15, 0.2) is 60.9 Å². The third kappa shape index (κ3) is 3.60. The summed E-state index contributed by atoms with van der Waals surface area (Å²) in [6.45, 7) is 4.20. The van der Waals surface area contributed by atoms with Crippen molar-refractivity contribution in [3.63, 3.8) is 0 Å². The molecule has 25 heavy (non-hydrogen) atoms. The molecule has 0 spiro atoms. The van der Waals surface area contributed by atoms with E-state index in [9.17, 15) is 4.79 Å². The third-order valence-corrected chi connectivity index (χ3v) is 4.27. The Morgan fingerprint density at radius 3 is 2.52 bits per heavy atom. The van der Waals surface area contributed by atoms with Crippen LogP contribution in [0.25, 0.3) is 11.3 Å². The van der Waals surface area contributed by atoms with Crippen molar-refractivity contribution in [2.45, 2.75) is 19.9 Å². The van der Waals surface area contributed by atoms with Crippen molar-refractivity contribution in [3.05, 3.63) is 72.2 Å². The van der Waals surface area contributed by atoms with Gasteiger partial charge in [0.15, 0.2) is 0 Å². The average Bonchev–Trinajstić information content (AvgIpc) is 3.12. The van der Waals surface area contributed by atoms with Crippen LogP contribution >= 0.6 is 0 Å². The SMILES string of the molecule is CC(C)C(c1cccnc1)N(C)C(=O)c1cc(-c2ccccc2)n[nH]1. The molecule has 0 fully saturated rings. The predicted molar refractivity (Wildman–Crippen MR) is 97.9 cm³/mol. The minimum Gasteiger partial charge on any atom is -0.333 e. The first kappa shape index (κ1) is 16.9. The molecule has 2 aromatic heterocycles. The van der Waals surface area contributed by atoms with Gasteiger partial charge in [-0.15, -0.1) is 0 Å². The number of H-pyrrole nitrogens is 1. The standard InChI is InChI=1S/C20H22N4O/c1-14(2)19(16-10-7-11-21-13-16)24(3)20(25)18-12-17(22-23-18)15-8-5-4-6-9-15/h4-14,19H,1-3H3,(H,22,23). The Morgan fingerprint density at radius 1 is 1.12 bits per heavy atom. The van der Waals surface area contributed by atoms with E-state index in [1.807, 2.05) is 55.7 Å². The maximum absolute atomic E-state index is 12.9. The van der Waals surface area contributed by atoms with Crippen molar-refractivity contribution in [3.8, 4) is 11.3 Å². The molecule has 5 heteroatoms. The van der Waals surface area contributed by atoms with Crippen LogP contribution in [0.4, 0.5) is 0 Å². The lowest BCUT2D eigenvalue weighted by Gasteiger charge is -2.31. The zero-order valence-electron chi connectivity index (χ0n) is 14.7. The molecule has 0 aliphatic carbocycles. The topological polar surface area (TPSA) is 61.9 Å². The molecule has 3 aromatic rings. The van der Waals surface area contributed by atoms with Gasteiger partial charge >= 0.3 is 0 Å². The number of hydrogen-bond acceptors (Lipinski definition) is 3. The zero-order valence-corrected chi connectivity index (χ0v) is 14.7. The number of rotatable bonds is 5. The summed E-state index contributed by atoms with van der Waals surface area (Å²) in [6, 6.07) is 15.5. The van der Waals surface area contributed by atoms with E-state index in [-0.39, 0.29) is 17.9 Å². The molecular weight excluding hydrogens is 312 g/mol. The first-order valence-corrected chi connectivity index (χ1v) is 8.36. The smallest absolute Gasteiger partial charge is 0.272 e. The Balaban J connectivity index is 1.85. The number of carbonyl (C=O) groups excluding carboxylic acids is 1. The summed E-state index contributed by atoms with van der Waals surface area (Å²) in [5.41, 5.74) is 3.25. The van der Waals surface area contributed by atoms with Crippen LogP contribution in [0.1, 0.15) is 35.9 Å². The van der Waals surface area contributed by atoms with Gasteiger partial charge in [-0.25, -0.2) is 0 Å². The van der Waals surface area contributed by atoms with Crippen molar-refractivity contribution < 1.29 is 4.79 Å². The highest BCUT2D eigenvalue weighted by Crippen LogP contribution is 2.28. The van der Waals surface area contributed by atoms with Crippen LogP contribution in [-0.2, 0) is 0 Å². The summed E-state index contributed by atoms with van der Waals surface area (Å²) in [7, 11) is 1.82. The lowest BCUT2D eigenvalue weighted by atomic mass is 9.96. The number of hydrogen-bond donors (Lipinski definition) is 1. The van der Waals surface area contributed by atoms with E-state index in [0.29, 0.717) is 5.69 Å². The summed E-state index contributed by atoms with van der Waals surface area (Å²) >= 11 is 0. The molecule has 2 heterocycles. The lowest BCUT2D eigenvalue weighted by Crippen LogP contribution is -2.34. The largest absolute Gasteiger partial charge is 0.333 e. The van der Waals surface area contributed by atoms with Gasteiger partial charge in [-0.2, -0.15) is 5.10 Å². The molecule has 5 nitrogen and oxygen atoms in total. The van der Waals surface area contributed by atoms with Gasteiger partial charge in [-0.1, -0.05) is 50.2 Å². The van der Waals surface area contributed by atoms with Crippen molar-refractivity contribution in [2.24, 2.45) is 5.92 Å². The van der Waals surface area contributed by atoms with Crippen molar-refractivity contribution in [2.75, 3.05) is 7.05 Å². The normalized spacial score (nSPS) is 12.2. The van der Waals surface area contributed by atoms with Gasteiger partial charge in [0.1, 0.15) is 5.69 Å². The van der Waals surface area contributed by atoms with Crippen molar-refractivity contribution in [1.29, 1.82) is 0 Å². The monoisotopic (exact) mass is 334 g/mol. The Labute approximate surface area is 147 Å². The first-order chi connectivity index (χ1) is 12.1. The molecule has 3 rings (SSSR count). The number of pyridine rings is 1. The number of aromatic amines is 1. The van der Waals surface area contributed by atoms with Crippen LogP contribution in [0.2, 0.25) is 0 Å². The molecule has 128 valence electrons. The van der Waals surface area contributed by atoms with Crippen molar-refractivity contribution in [1.82, 2.24) is 20.1 Å². The molecule has 1 N–H and O–H groups in total. The summed E-state index contributed by atoms with van der Waals surface area (Å²) in [5, 5.41) is 7.16. The average molecular weight is 334 g/mol. The second-order valence-electron chi connectivity index (χ2n) is 6.42. The second kappa shape index (κ2) is 7.30. The molecule has 1 unspecified atom stereocenters. The molecule has 0 aliphatic heterocycles. The van der Waals surface area contributed by atoms with Crippen molar-refractivity contribution >= 4 is 5.91 Å². The van der Waals surface area contributed by atoms with E-state index < -0.39 is 0 Å². The molecular formula is C20H22N4O. The molecule has 1 atom stereocenters. The van der Waals surface area contributed by atoms with Crippen LogP contribution in [0.5, 0.6) is 0 Å². The van der Waals surface area contributed by atoms with E-state index in [4.69, 9.17) is 0 Å². The molecule has 0 bridgehead atoms. The fourth-order valence-corrected chi connectivity index (χ4v) is 3.11. The highest BCUT2D eigenvalue weighted by Gasteiger charge is 2.26.